The van der Waals surface area contributed by atoms with Crippen LogP contribution in [0.5, 0.6) is 0 Å². The van der Waals surface area contributed by atoms with E-state index < -0.39 is 29.6 Å². The Morgan fingerprint density at radius 2 is 2.19 bits per heavy atom. The van der Waals surface area contributed by atoms with Gasteiger partial charge in [-0.1, -0.05) is 19.3 Å². The van der Waals surface area contributed by atoms with Crippen LogP contribution in [0, 0.1) is 5.92 Å². The summed E-state index contributed by atoms with van der Waals surface area (Å²) >= 11 is 0. The molecular formula is C15H26O6. The van der Waals surface area contributed by atoms with Crippen LogP contribution in [-0.4, -0.2) is 53.0 Å². The largest absolute Gasteiger partial charge is 0.464 e. The zero-order chi connectivity index (χ0) is 15.7. The number of esters is 1. The summed E-state index contributed by atoms with van der Waals surface area (Å²) in [6.45, 7) is 5.02. The summed E-state index contributed by atoms with van der Waals surface area (Å²) in [4.78, 5) is 11.7. The van der Waals surface area contributed by atoms with E-state index in [0.717, 1.165) is 6.42 Å². The molecule has 2 rings (SSSR count). The molecule has 1 heterocycles. The maximum absolute atomic E-state index is 11.7. The van der Waals surface area contributed by atoms with Crippen molar-refractivity contribution >= 4 is 5.97 Å². The second kappa shape index (κ2) is 6.20. The first-order valence-corrected chi connectivity index (χ1v) is 7.68. The molecule has 6 nitrogen and oxygen atoms in total. The van der Waals surface area contributed by atoms with E-state index in [1.54, 1.807) is 6.92 Å². The van der Waals surface area contributed by atoms with Crippen LogP contribution in [0.15, 0.2) is 0 Å². The second-order valence-corrected chi connectivity index (χ2v) is 6.42. The number of aliphatic hydroxyl groups is 2. The van der Waals surface area contributed by atoms with Crippen LogP contribution in [0.3, 0.4) is 0 Å². The van der Waals surface area contributed by atoms with Gasteiger partial charge in [-0.2, -0.15) is 0 Å². The van der Waals surface area contributed by atoms with Gasteiger partial charge in [0.15, 0.2) is 11.4 Å². The van der Waals surface area contributed by atoms with E-state index in [0.29, 0.717) is 5.92 Å². The maximum Gasteiger partial charge on any atom is 0.340 e. The number of aliphatic hydroxyl groups excluding tert-OH is 1. The molecular weight excluding hydrogens is 276 g/mol. The van der Waals surface area contributed by atoms with E-state index in [1.807, 2.05) is 6.92 Å². The van der Waals surface area contributed by atoms with Gasteiger partial charge in [0.1, 0.15) is 12.2 Å². The van der Waals surface area contributed by atoms with Gasteiger partial charge in [-0.05, 0) is 26.7 Å². The summed E-state index contributed by atoms with van der Waals surface area (Å²) < 4.78 is 16.2. The first-order valence-electron chi connectivity index (χ1n) is 7.68. The highest BCUT2D eigenvalue weighted by Gasteiger charge is 2.50. The quantitative estimate of drug-likeness (QED) is 0.712. The molecule has 21 heavy (non-hydrogen) atoms. The predicted molar refractivity (Wildman–Crippen MR) is 74.5 cm³/mol. The summed E-state index contributed by atoms with van der Waals surface area (Å²) in [6, 6.07) is 0. The van der Waals surface area contributed by atoms with Gasteiger partial charge >= 0.3 is 5.97 Å². The van der Waals surface area contributed by atoms with Crippen LogP contribution in [0.2, 0.25) is 0 Å². The van der Waals surface area contributed by atoms with Crippen molar-refractivity contribution in [2.75, 3.05) is 13.2 Å². The molecule has 0 spiro atoms. The molecule has 2 aliphatic rings. The lowest BCUT2D eigenvalue weighted by atomic mass is 9.81. The fraction of sp³-hybridized carbons (Fsp3) is 0.933. The standard InChI is InChI=1S/C15H26O6/c1-4-19-13(17)15(3,18)12(16)11-9-20-14(2,21-11)8-10-6-5-7-10/h10-12,16,18H,4-9H2,1-3H3/t11-,12-,14?,15+/m1/s1. The van der Waals surface area contributed by atoms with E-state index in [1.165, 1.54) is 26.2 Å². The van der Waals surface area contributed by atoms with Crippen molar-refractivity contribution in [2.24, 2.45) is 5.92 Å². The molecule has 0 aromatic rings. The molecule has 1 aliphatic heterocycles. The summed E-state index contributed by atoms with van der Waals surface area (Å²) in [5.41, 5.74) is -2.01. The summed E-state index contributed by atoms with van der Waals surface area (Å²) in [6.07, 6.45) is 2.24. The Hall–Kier alpha value is -0.690. The SMILES string of the molecule is CCOC(=O)[C@@](C)(O)[C@H](O)[C@H]1COC(C)(CC2CCC2)O1. The van der Waals surface area contributed by atoms with E-state index in [-0.39, 0.29) is 13.2 Å². The average molecular weight is 302 g/mol. The van der Waals surface area contributed by atoms with Gasteiger partial charge in [-0.15, -0.1) is 0 Å². The van der Waals surface area contributed by atoms with Crippen LogP contribution >= 0.6 is 0 Å². The number of hydrogen-bond donors (Lipinski definition) is 2. The number of hydrogen-bond acceptors (Lipinski definition) is 6. The van der Waals surface area contributed by atoms with Crippen molar-refractivity contribution < 1.29 is 29.2 Å². The molecule has 0 bridgehead atoms. The topological polar surface area (TPSA) is 85.2 Å². The molecule has 4 atom stereocenters. The number of carbonyl (C=O) groups excluding carboxylic acids is 1. The molecule has 1 unspecified atom stereocenters. The highest BCUT2D eigenvalue weighted by Crippen LogP contribution is 2.39. The van der Waals surface area contributed by atoms with Crippen molar-refractivity contribution in [3.8, 4) is 0 Å². The Kier molecular flexibility index (Phi) is 4.92. The Bertz CT molecular complexity index is 378. The van der Waals surface area contributed by atoms with Gasteiger partial charge in [0.2, 0.25) is 0 Å². The van der Waals surface area contributed by atoms with Crippen LogP contribution < -0.4 is 0 Å². The third-order valence-corrected chi connectivity index (χ3v) is 4.45. The van der Waals surface area contributed by atoms with Crippen molar-refractivity contribution in [1.29, 1.82) is 0 Å². The number of rotatable bonds is 6. The molecule has 2 fully saturated rings. The molecule has 6 heteroatoms. The van der Waals surface area contributed by atoms with E-state index in [9.17, 15) is 15.0 Å². The fourth-order valence-corrected chi connectivity index (χ4v) is 2.89. The molecule has 1 saturated heterocycles. The van der Waals surface area contributed by atoms with Gasteiger partial charge in [-0.25, -0.2) is 4.79 Å². The first-order chi connectivity index (χ1) is 9.78. The minimum atomic E-state index is -2.01. The van der Waals surface area contributed by atoms with E-state index >= 15 is 0 Å². The molecule has 1 saturated carbocycles. The van der Waals surface area contributed by atoms with Gasteiger partial charge in [-0.3, -0.25) is 0 Å². The van der Waals surface area contributed by atoms with Crippen LogP contribution in [0.1, 0.15) is 46.5 Å². The van der Waals surface area contributed by atoms with Gasteiger partial charge in [0.25, 0.3) is 0 Å². The molecule has 0 aromatic heterocycles. The lowest BCUT2D eigenvalue weighted by Crippen LogP contribution is -2.54. The van der Waals surface area contributed by atoms with Crippen molar-refractivity contribution in [3.63, 3.8) is 0 Å². The minimum absolute atomic E-state index is 0.142. The van der Waals surface area contributed by atoms with Crippen molar-refractivity contribution in [3.05, 3.63) is 0 Å². The fourth-order valence-electron chi connectivity index (χ4n) is 2.89. The lowest BCUT2D eigenvalue weighted by molar-refractivity contribution is -0.205. The Balaban J connectivity index is 1.94. The molecule has 0 aromatic carbocycles. The molecule has 0 amide bonds. The second-order valence-electron chi connectivity index (χ2n) is 6.42. The summed E-state index contributed by atoms with van der Waals surface area (Å²) in [7, 11) is 0. The third-order valence-electron chi connectivity index (χ3n) is 4.45. The summed E-state index contributed by atoms with van der Waals surface area (Å²) in [5, 5.41) is 20.4. The monoisotopic (exact) mass is 302 g/mol. The van der Waals surface area contributed by atoms with Crippen molar-refractivity contribution in [2.45, 2.75) is 70.1 Å². The Labute approximate surface area is 125 Å². The summed E-state index contributed by atoms with van der Waals surface area (Å²) in [5.74, 6) is -1.01. The van der Waals surface area contributed by atoms with Gasteiger partial charge in [0.05, 0.1) is 13.2 Å². The van der Waals surface area contributed by atoms with E-state index in [2.05, 4.69) is 0 Å². The zero-order valence-corrected chi connectivity index (χ0v) is 13.0. The van der Waals surface area contributed by atoms with Crippen LogP contribution in [-0.2, 0) is 19.0 Å². The molecule has 1 aliphatic carbocycles. The van der Waals surface area contributed by atoms with Gasteiger partial charge < -0.3 is 24.4 Å². The normalized spacial score (nSPS) is 34.0. The van der Waals surface area contributed by atoms with Crippen LogP contribution in [0.4, 0.5) is 0 Å². The zero-order valence-electron chi connectivity index (χ0n) is 13.0. The maximum atomic E-state index is 11.7. The number of carbonyl (C=O) groups is 1. The molecule has 122 valence electrons. The van der Waals surface area contributed by atoms with Crippen molar-refractivity contribution in [1.82, 2.24) is 0 Å². The van der Waals surface area contributed by atoms with Crippen LogP contribution in [0.25, 0.3) is 0 Å². The minimum Gasteiger partial charge on any atom is -0.464 e. The third kappa shape index (κ3) is 3.56. The van der Waals surface area contributed by atoms with E-state index in [4.69, 9.17) is 14.2 Å². The van der Waals surface area contributed by atoms with Gasteiger partial charge in [0, 0.05) is 6.42 Å². The lowest BCUT2D eigenvalue weighted by Gasteiger charge is -2.34. The Morgan fingerprint density at radius 3 is 2.71 bits per heavy atom. The first kappa shape index (κ1) is 16.7. The highest BCUT2D eigenvalue weighted by atomic mass is 16.7. The average Bonchev–Trinajstić information content (AvgIpc) is 2.76. The smallest absolute Gasteiger partial charge is 0.340 e. The number of ether oxygens (including phenoxy) is 3. The molecule has 0 radical (unpaired) electrons. The predicted octanol–water partition coefficient (Wildman–Crippen LogP) is 0.983. The molecule has 2 N–H and O–H groups in total. The Morgan fingerprint density at radius 1 is 1.52 bits per heavy atom. The highest BCUT2D eigenvalue weighted by molar-refractivity contribution is 5.79.